The van der Waals surface area contributed by atoms with Crippen molar-refractivity contribution in [3.63, 3.8) is 0 Å². The highest BCUT2D eigenvalue weighted by molar-refractivity contribution is 5.37. The van der Waals surface area contributed by atoms with E-state index in [-0.39, 0.29) is 12.1 Å². The summed E-state index contributed by atoms with van der Waals surface area (Å²) >= 11 is 0. The summed E-state index contributed by atoms with van der Waals surface area (Å²) in [5.74, 6) is 0.489. The maximum atomic E-state index is 12.3. The van der Waals surface area contributed by atoms with Gasteiger partial charge in [-0.15, -0.1) is 0 Å². The van der Waals surface area contributed by atoms with Crippen molar-refractivity contribution < 1.29 is 13.2 Å². The first-order valence-corrected chi connectivity index (χ1v) is 6.00. The van der Waals surface area contributed by atoms with Gasteiger partial charge in [-0.2, -0.15) is 13.2 Å². The molecule has 3 N–H and O–H groups in total. The van der Waals surface area contributed by atoms with Crippen LogP contribution in [0.5, 0.6) is 0 Å². The highest BCUT2D eigenvalue weighted by Crippen LogP contribution is 2.29. The Hall–Kier alpha value is -1.30. The molecule has 0 bridgehead atoms. The molecule has 0 unspecified atom stereocenters. The van der Waals surface area contributed by atoms with E-state index >= 15 is 0 Å². The lowest BCUT2D eigenvalue weighted by Crippen LogP contribution is -2.33. The van der Waals surface area contributed by atoms with Crippen LogP contribution in [0.4, 0.5) is 19.0 Å². The first-order chi connectivity index (χ1) is 8.45. The number of rotatable bonds is 2. The van der Waals surface area contributed by atoms with E-state index in [1.54, 1.807) is 0 Å². The predicted molar refractivity (Wildman–Crippen MR) is 63.1 cm³/mol. The van der Waals surface area contributed by atoms with Crippen molar-refractivity contribution in [2.75, 3.05) is 5.32 Å². The van der Waals surface area contributed by atoms with E-state index in [0.717, 1.165) is 37.9 Å². The number of hydrogen-bond acceptors (Lipinski definition) is 3. The summed E-state index contributed by atoms with van der Waals surface area (Å²) in [4.78, 5) is 3.80. The number of hydrogen-bond donors (Lipinski definition) is 2. The molecule has 0 radical (unpaired) electrons. The first-order valence-electron chi connectivity index (χ1n) is 6.00. The minimum absolute atomic E-state index is 0.253. The molecule has 0 saturated heterocycles. The second-order valence-corrected chi connectivity index (χ2v) is 4.69. The van der Waals surface area contributed by atoms with Gasteiger partial charge in [0, 0.05) is 18.3 Å². The van der Waals surface area contributed by atoms with Gasteiger partial charge in [0.25, 0.3) is 0 Å². The normalized spacial score (nSPS) is 24.9. The van der Waals surface area contributed by atoms with Crippen LogP contribution in [0.25, 0.3) is 0 Å². The van der Waals surface area contributed by atoms with Gasteiger partial charge in [-0.25, -0.2) is 4.98 Å². The predicted octanol–water partition coefficient (Wildman–Crippen LogP) is 2.78. The Bertz CT molecular complexity index is 381. The summed E-state index contributed by atoms with van der Waals surface area (Å²) in [5.41, 5.74) is 5.07. The zero-order chi connectivity index (χ0) is 13.2. The van der Waals surface area contributed by atoms with E-state index in [9.17, 15) is 13.2 Å². The average Bonchev–Trinajstić information content (AvgIpc) is 2.32. The lowest BCUT2D eigenvalue weighted by atomic mass is 9.92. The molecule has 18 heavy (non-hydrogen) atoms. The van der Waals surface area contributed by atoms with Gasteiger partial charge in [-0.05, 0) is 37.8 Å². The van der Waals surface area contributed by atoms with Crippen LogP contribution in [0.15, 0.2) is 18.3 Å². The van der Waals surface area contributed by atoms with Crippen LogP contribution in [-0.4, -0.2) is 17.1 Å². The van der Waals surface area contributed by atoms with E-state index in [0.29, 0.717) is 5.82 Å². The smallest absolute Gasteiger partial charge is 0.367 e. The number of nitrogens with one attached hydrogen (secondary N) is 1. The van der Waals surface area contributed by atoms with Crippen LogP contribution in [0.1, 0.15) is 31.2 Å². The minimum atomic E-state index is -4.33. The lowest BCUT2D eigenvalue weighted by molar-refractivity contribution is -0.137. The molecule has 100 valence electrons. The molecule has 1 aromatic heterocycles. The van der Waals surface area contributed by atoms with Crippen molar-refractivity contribution in [2.45, 2.75) is 43.9 Å². The van der Waals surface area contributed by atoms with Gasteiger partial charge in [-0.3, -0.25) is 0 Å². The third-order valence-corrected chi connectivity index (χ3v) is 3.21. The fourth-order valence-electron chi connectivity index (χ4n) is 2.12. The van der Waals surface area contributed by atoms with Crippen molar-refractivity contribution in [1.29, 1.82) is 0 Å². The van der Waals surface area contributed by atoms with Gasteiger partial charge < -0.3 is 11.1 Å². The summed E-state index contributed by atoms with van der Waals surface area (Å²) < 4.78 is 37.0. The van der Waals surface area contributed by atoms with E-state index in [4.69, 9.17) is 5.73 Å². The summed E-state index contributed by atoms with van der Waals surface area (Å²) in [6, 6.07) is 2.93. The second-order valence-electron chi connectivity index (χ2n) is 4.69. The van der Waals surface area contributed by atoms with Gasteiger partial charge >= 0.3 is 6.18 Å². The minimum Gasteiger partial charge on any atom is -0.367 e. The first kappa shape index (κ1) is 13.1. The van der Waals surface area contributed by atoms with Crippen molar-refractivity contribution >= 4 is 5.82 Å². The fourth-order valence-corrected chi connectivity index (χ4v) is 2.12. The Morgan fingerprint density at radius 3 is 2.33 bits per heavy atom. The van der Waals surface area contributed by atoms with E-state index in [2.05, 4.69) is 10.3 Å². The van der Waals surface area contributed by atoms with Gasteiger partial charge in [0.2, 0.25) is 0 Å². The summed E-state index contributed by atoms with van der Waals surface area (Å²) in [6.45, 7) is 0. The Balaban J connectivity index is 1.94. The molecule has 0 spiro atoms. The van der Waals surface area contributed by atoms with Gasteiger partial charge in [-0.1, -0.05) is 0 Å². The molecule has 2 rings (SSSR count). The van der Waals surface area contributed by atoms with Crippen LogP contribution < -0.4 is 11.1 Å². The van der Waals surface area contributed by atoms with Gasteiger partial charge in [0.1, 0.15) is 5.82 Å². The second kappa shape index (κ2) is 5.14. The lowest BCUT2D eigenvalue weighted by Gasteiger charge is -2.27. The molecule has 1 saturated carbocycles. The molecule has 1 heterocycles. The van der Waals surface area contributed by atoms with Crippen LogP contribution in [-0.2, 0) is 6.18 Å². The maximum absolute atomic E-state index is 12.3. The third kappa shape index (κ3) is 3.35. The van der Waals surface area contributed by atoms with Crippen molar-refractivity contribution in [3.05, 3.63) is 23.9 Å². The van der Waals surface area contributed by atoms with E-state index < -0.39 is 11.7 Å². The topological polar surface area (TPSA) is 50.9 Å². The molecule has 1 aromatic rings. The Morgan fingerprint density at radius 1 is 1.17 bits per heavy atom. The summed E-state index contributed by atoms with van der Waals surface area (Å²) in [7, 11) is 0. The van der Waals surface area contributed by atoms with Crippen molar-refractivity contribution in [1.82, 2.24) is 4.98 Å². The summed E-state index contributed by atoms with van der Waals surface area (Å²) in [5, 5.41) is 3.15. The molecule has 1 aliphatic rings. The maximum Gasteiger partial charge on any atom is 0.417 e. The summed E-state index contributed by atoms with van der Waals surface area (Å²) in [6.07, 6.45) is 0.282. The molecular weight excluding hydrogens is 243 g/mol. The standard InChI is InChI=1S/C12H16F3N3/c13-12(14,15)8-1-6-11(17-7-8)18-10-4-2-9(16)3-5-10/h1,6-7,9-10H,2-5,16H2,(H,17,18). The molecule has 6 heteroatoms. The zero-order valence-corrected chi connectivity index (χ0v) is 9.87. The number of alkyl halides is 3. The quantitative estimate of drug-likeness (QED) is 0.858. The van der Waals surface area contributed by atoms with Crippen LogP contribution in [0.2, 0.25) is 0 Å². The number of nitrogens with zero attached hydrogens (tertiary/aromatic N) is 1. The molecule has 0 aromatic carbocycles. The monoisotopic (exact) mass is 259 g/mol. The number of nitrogens with two attached hydrogens (primary N) is 1. The Labute approximate surface area is 104 Å². The largest absolute Gasteiger partial charge is 0.417 e. The highest BCUT2D eigenvalue weighted by atomic mass is 19.4. The fraction of sp³-hybridized carbons (Fsp3) is 0.583. The molecule has 1 aliphatic carbocycles. The zero-order valence-electron chi connectivity index (χ0n) is 9.87. The highest BCUT2D eigenvalue weighted by Gasteiger charge is 2.30. The molecule has 1 fully saturated rings. The van der Waals surface area contributed by atoms with Crippen LogP contribution >= 0.6 is 0 Å². The average molecular weight is 259 g/mol. The molecule has 0 aliphatic heterocycles. The molecule has 0 atom stereocenters. The number of pyridine rings is 1. The van der Waals surface area contributed by atoms with E-state index in [1.807, 2.05) is 0 Å². The molecule has 3 nitrogen and oxygen atoms in total. The number of halogens is 3. The Kier molecular flexibility index (Phi) is 3.75. The Morgan fingerprint density at radius 2 is 1.83 bits per heavy atom. The number of anilines is 1. The van der Waals surface area contributed by atoms with Gasteiger partial charge in [0.15, 0.2) is 0 Å². The molecular formula is C12H16F3N3. The SMILES string of the molecule is NC1CCC(Nc2ccc(C(F)(F)F)cn2)CC1. The molecule has 0 amide bonds. The van der Waals surface area contributed by atoms with E-state index in [1.165, 1.54) is 6.07 Å². The van der Waals surface area contributed by atoms with Crippen molar-refractivity contribution in [3.8, 4) is 0 Å². The van der Waals surface area contributed by atoms with Crippen LogP contribution in [0.3, 0.4) is 0 Å². The van der Waals surface area contributed by atoms with Crippen LogP contribution in [0, 0.1) is 0 Å². The number of aromatic nitrogens is 1. The van der Waals surface area contributed by atoms with Crippen molar-refractivity contribution in [2.24, 2.45) is 5.73 Å². The third-order valence-electron chi connectivity index (χ3n) is 3.21. The van der Waals surface area contributed by atoms with Gasteiger partial charge in [0.05, 0.1) is 5.56 Å².